The van der Waals surface area contributed by atoms with E-state index in [1.807, 2.05) is 6.07 Å². The summed E-state index contributed by atoms with van der Waals surface area (Å²) in [6.07, 6.45) is 4.37. The van der Waals surface area contributed by atoms with Gasteiger partial charge in [-0.1, -0.05) is 6.07 Å². The van der Waals surface area contributed by atoms with E-state index in [1.54, 1.807) is 13.2 Å². The highest BCUT2D eigenvalue weighted by Crippen LogP contribution is 2.37. The molecule has 1 aromatic carbocycles. The van der Waals surface area contributed by atoms with Gasteiger partial charge in [-0.3, -0.25) is 0 Å². The molecule has 102 valence electrons. The molecule has 1 saturated carbocycles. The Morgan fingerprint density at radius 2 is 2.21 bits per heavy atom. The second-order valence-corrected chi connectivity index (χ2v) is 5.39. The van der Waals surface area contributed by atoms with Crippen LogP contribution in [0.25, 0.3) is 0 Å². The number of anilines is 1. The molecule has 0 radical (unpaired) electrons. The lowest BCUT2D eigenvalue weighted by atomic mass is 9.85. The fraction of sp³-hybridized carbons (Fsp3) is 0.533. The van der Waals surface area contributed by atoms with Gasteiger partial charge in [0.2, 0.25) is 0 Å². The molecule has 4 heteroatoms. The van der Waals surface area contributed by atoms with Crippen LogP contribution in [0, 0.1) is 0 Å². The number of carboxylic acids is 1. The van der Waals surface area contributed by atoms with E-state index in [1.165, 1.54) is 0 Å². The summed E-state index contributed by atoms with van der Waals surface area (Å²) in [6, 6.07) is 6.13. The number of aromatic carboxylic acids is 1. The number of carbonyl (C=O) groups is 1. The molecular weight excluding hydrogens is 242 g/mol. The molecule has 1 aliphatic carbocycles. The number of ether oxygens (including phenoxy) is 1. The van der Waals surface area contributed by atoms with E-state index < -0.39 is 5.97 Å². The van der Waals surface area contributed by atoms with Crippen LogP contribution in [0.1, 0.15) is 35.2 Å². The van der Waals surface area contributed by atoms with Crippen LogP contribution in [0.2, 0.25) is 0 Å². The Morgan fingerprint density at radius 3 is 2.89 bits per heavy atom. The molecule has 0 bridgehead atoms. The van der Waals surface area contributed by atoms with Crippen LogP contribution in [0.5, 0.6) is 0 Å². The molecule has 2 aliphatic rings. The number of hydrogen-bond donors (Lipinski definition) is 1. The first kappa shape index (κ1) is 12.5. The largest absolute Gasteiger partial charge is 0.478 e. The van der Waals surface area contributed by atoms with Crippen LogP contribution < -0.4 is 4.90 Å². The molecule has 0 spiro atoms. The van der Waals surface area contributed by atoms with E-state index in [2.05, 4.69) is 11.0 Å². The minimum atomic E-state index is -0.818. The van der Waals surface area contributed by atoms with Crippen molar-refractivity contribution < 1.29 is 14.6 Å². The Hall–Kier alpha value is -1.55. The van der Waals surface area contributed by atoms with Gasteiger partial charge in [-0.2, -0.15) is 0 Å². The average Bonchev–Trinajstić information content (AvgIpc) is 2.37. The van der Waals surface area contributed by atoms with Crippen LogP contribution in [-0.4, -0.2) is 36.9 Å². The molecule has 0 saturated heterocycles. The third-order valence-electron chi connectivity index (χ3n) is 4.36. The van der Waals surface area contributed by atoms with E-state index in [-0.39, 0.29) is 0 Å². The zero-order chi connectivity index (χ0) is 13.4. The van der Waals surface area contributed by atoms with Crippen molar-refractivity contribution in [3.05, 3.63) is 29.3 Å². The van der Waals surface area contributed by atoms with Crippen molar-refractivity contribution in [3.63, 3.8) is 0 Å². The number of benzene rings is 1. The molecule has 1 aromatic rings. The van der Waals surface area contributed by atoms with Gasteiger partial charge in [0, 0.05) is 25.4 Å². The molecule has 0 aromatic heterocycles. The van der Waals surface area contributed by atoms with Gasteiger partial charge in [0.15, 0.2) is 0 Å². The molecule has 19 heavy (non-hydrogen) atoms. The molecule has 4 nitrogen and oxygen atoms in total. The first-order valence-corrected chi connectivity index (χ1v) is 6.85. The molecule has 1 aliphatic heterocycles. The molecular formula is C15H19NO3. The lowest BCUT2D eigenvalue weighted by Crippen LogP contribution is -2.50. The third-order valence-corrected chi connectivity index (χ3v) is 4.36. The lowest BCUT2D eigenvalue weighted by Gasteiger charge is -2.46. The Bertz CT molecular complexity index is 494. The maximum atomic E-state index is 11.3. The maximum absolute atomic E-state index is 11.3. The van der Waals surface area contributed by atoms with Gasteiger partial charge in [-0.05, 0) is 43.4 Å². The first-order chi connectivity index (χ1) is 9.20. The van der Waals surface area contributed by atoms with Gasteiger partial charge in [0.25, 0.3) is 0 Å². The van der Waals surface area contributed by atoms with Gasteiger partial charge >= 0.3 is 5.97 Å². The van der Waals surface area contributed by atoms with Crippen LogP contribution in [0.4, 0.5) is 5.69 Å². The van der Waals surface area contributed by atoms with Crippen molar-refractivity contribution in [3.8, 4) is 0 Å². The summed E-state index contributed by atoms with van der Waals surface area (Å²) in [5.41, 5.74) is 2.58. The van der Waals surface area contributed by atoms with Crippen LogP contribution in [0.15, 0.2) is 18.2 Å². The molecule has 1 N–H and O–H groups in total. The van der Waals surface area contributed by atoms with E-state index in [0.717, 1.165) is 43.5 Å². The van der Waals surface area contributed by atoms with E-state index in [9.17, 15) is 9.90 Å². The standard InChI is InChI=1S/C15H19NO3/c1-19-11-8-10(9-11)16-7-3-5-12-13(15(17)18)4-2-6-14(12)16/h2,4,6,10-11H,3,5,7-9H2,1H3,(H,17,18). The summed E-state index contributed by atoms with van der Waals surface area (Å²) in [5, 5.41) is 9.28. The van der Waals surface area contributed by atoms with Crippen LogP contribution in [0.3, 0.4) is 0 Å². The zero-order valence-electron chi connectivity index (χ0n) is 11.1. The topological polar surface area (TPSA) is 49.8 Å². The number of carboxylic acid groups (broad SMARTS) is 1. The zero-order valence-corrected chi connectivity index (χ0v) is 11.1. The summed E-state index contributed by atoms with van der Waals surface area (Å²) in [4.78, 5) is 13.7. The fourth-order valence-corrected chi connectivity index (χ4v) is 3.22. The number of rotatable bonds is 3. The van der Waals surface area contributed by atoms with Crippen LogP contribution in [-0.2, 0) is 11.2 Å². The fourth-order valence-electron chi connectivity index (χ4n) is 3.22. The van der Waals surface area contributed by atoms with E-state index in [4.69, 9.17) is 4.74 Å². The molecule has 0 atom stereocenters. The quantitative estimate of drug-likeness (QED) is 0.907. The van der Waals surface area contributed by atoms with Crippen molar-refractivity contribution in [2.45, 2.75) is 37.8 Å². The van der Waals surface area contributed by atoms with Crippen molar-refractivity contribution in [1.82, 2.24) is 0 Å². The van der Waals surface area contributed by atoms with Crippen molar-refractivity contribution in [1.29, 1.82) is 0 Å². The predicted octanol–water partition coefficient (Wildman–Crippen LogP) is 2.31. The predicted molar refractivity (Wildman–Crippen MR) is 72.9 cm³/mol. The maximum Gasteiger partial charge on any atom is 0.336 e. The minimum Gasteiger partial charge on any atom is -0.478 e. The number of methoxy groups -OCH3 is 1. The highest BCUT2D eigenvalue weighted by molar-refractivity contribution is 5.91. The Kier molecular flexibility index (Phi) is 3.19. The lowest BCUT2D eigenvalue weighted by molar-refractivity contribution is 0.0250. The molecule has 0 unspecified atom stereocenters. The third kappa shape index (κ3) is 2.10. The minimum absolute atomic E-state index is 0.373. The van der Waals surface area contributed by atoms with Crippen molar-refractivity contribution in [2.24, 2.45) is 0 Å². The highest BCUT2D eigenvalue weighted by atomic mass is 16.5. The van der Waals surface area contributed by atoms with Gasteiger partial charge < -0.3 is 14.7 Å². The van der Waals surface area contributed by atoms with Gasteiger partial charge in [0.05, 0.1) is 11.7 Å². The normalized spacial score (nSPS) is 25.6. The molecule has 0 amide bonds. The van der Waals surface area contributed by atoms with E-state index in [0.29, 0.717) is 17.7 Å². The molecule has 1 heterocycles. The van der Waals surface area contributed by atoms with Gasteiger partial charge in [0.1, 0.15) is 0 Å². The second kappa shape index (κ2) is 4.85. The van der Waals surface area contributed by atoms with Crippen molar-refractivity contribution in [2.75, 3.05) is 18.6 Å². The second-order valence-electron chi connectivity index (χ2n) is 5.39. The number of nitrogens with zero attached hydrogens (tertiary/aromatic N) is 1. The Balaban J connectivity index is 1.88. The summed E-state index contributed by atoms with van der Waals surface area (Å²) in [6.45, 7) is 1.02. The Labute approximate surface area is 113 Å². The average molecular weight is 261 g/mol. The van der Waals surface area contributed by atoms with Gasteiger partial charge in [-0.25, -0.2) is 4.79 Å². The first-order valence-electron chi connectivity index (χ1n) is 6.85. The van der Waals surface area contributed by atoms with Crippen molar-refractivity contribution >= 4 is 11.7 Å². The molecule has 3 rings (SSSR count). The van der Waals surface area contributed by atoms with Crippen LogP contribution >= 0.6 is 0 Å². The summed E-state index contributed by atoms with van der Waals surface area (Å²) >= 11 is 0. The summed E-state index contributed by atoms with van der Waals surface area (Å²) in [5.74, 6) is -0.818. The molecule has 1 fully saturated rings. The van der Waals surface area contributed by atoms with E-state index >= 15 is 0 Å². The number of hydrogen-bond acceptors (Lipinski definition) is 3. The smallest absolute Gasteiger partial charge is 0.336 e. The highest BCUT2D eigenvalue weighted by Gasteiger charge is 2.36. The number of fused-ring (bicyclic) bond motifs is 1. The van der Waals surface area contributed by atoms with Gasteiger partial charge in [-0.15, -0.1) is 0 Å². The SMILES string of the molecule is COC1CC(N2CCCc3c(C(=O)O)cccc32)C1. The summed E-state index contributed by atoms with van der Waals surface area (Å²) in [7, 11) is 1.76. The summed E-state index contributed by atoms with van der Waals surface area (Å²) < 4.78 is 5.34. The Morgan fingerprint density at radius 1 is 1.42 bits per heavy atom. The monoisotopic (exact) mass is 261 g/mol.